The molecule has 19 heteroatoms. The fraction of sp³-hybridized carbons (Fsp3) is 0.205. The van der Waals surface area contributed by atoms with Crippen LogP contribution in [0.3, 0.4) is 0 Å². The van der Waals surface area contributed by atoms with E-state index in [0.717, 1.165) is 11.8 Å². The molecule has 14 nitrogen and oxygen atoms in total. The van der Waals surface area contributed by atoms with E-state index in [0.29, 0.717) is 67.8 Å². The number of carbonyl (C=O) groups excluding carboxylic acids is 5. The Hall–Kier alpha value is -4.37. The number of aldehydes is 3. The molecule has 0 saturated carbocycles. The average molecular weight is 1080 g/mol. The second kappa shape index (κ2) is 39.2. The Balaban J connectivity index is -0.000000356. The van der Waals surface area contributed by atoms with Crippen molar-refractivity contribution in [2.24, 2.45) is 0 Å². The summed E-state index contributed by atoms with van der Waals surface area (Å²) >= 11 is 8.68. The van der Waals surface area contributed by atoms with Gasteiger partial charge >= 0.3 is 48.6 Å². The zero-order valence-corrected chi connectivity index (χ0v) is 43.4. The molecule has 0 radical (unpaired) electrons. The van der Waals surface area contributed by atoms with E-state index in [4.69, 9.17) is 33.7 Å². The number of ether oxygens (including phenoxy) is 5. The number of methoxy groups -OCH3 is 3. The topological polar surface area (TPSA) is 222 Å². The normalized spacial score (nSPS) is 8.60. The summed E-state index contributed by atoms with van der Waals surface area (Å²) in [5, 5.41) is 26.9. The standard InChI is InChI=1S/C14H12O3.C10H9BrO4.C10H10O4.C6H7BO2.2C2H6.Br2.Na.H2O/c1-17-14-7-11(9-15)12(8-13(14)16)10-5-3-2-4-6-10;1-6(13)15-10-4-8(11)7(5-12)3-9(10)14-2;1-7(12)14-9-4-3-8(6-11)5-10(9)13-2;8-7(9)6-4-2-1-3-5-6;3*1-2;;/h2-9,16H,1H3;3-5H,1-2H3;3-6H,1-2H3;1-5,8-9H;2*1-2H3;;;1H2/q;;;;;;;+1;/p-1. The van der Waals surface area contributed by atoms with Crippen LogP contribution in [0.5, 0.6) is 34.5 Å². The monoisotopic (exact) mass is 1070 g/mol. The van der Waals surface area contributed by atoms with Crippen molar-refractivity contribution < 1.29 is 97.8 Å². The summed E-state index contributed by atoms with van der Waals surface area (Å²) in [5.74, 6) is 0.748. The van der Waals surface area contributed by atoms with Crippen molar-refractivity contribution in [1.29, 1.82) is 0 Å². The minimum absolute atomic E-state index is 0. The fourth-order valence-corrected chi connectivity index (χ4v) is 4.79. The van der Waals surface area contributed by atoms with Gasteiger partial charge in [0.15, 0.2) is 47.1 Å². The second-order valence-electron chi connectivity index (χ2n) is 10.7. The van der Waals surface area contributed by atoms with Crippen molar-refractivity contribution in [3.63, 3.8) is 0 Å². The molecule has 5 aromatic carbocycles. The van der Waals surface area contributed by atoms with Crippen LogP contribution in [0.1, 0.15) is 72.6 Å². The summed E-state index contributed by atoms with van der Waals surface area (Å²) in [6.07, 6.45) is 2.13. The summed E-state index contributed by atoms with van der Waals surface area (Å²) in [5.41, 5.74) is 3.50. The Morgan fingerprint density at radius 1 is 0.587 bits per heavy atom. The number of hydrogen-bond acceptors (Lipinski definition) is 14. The van der Waals surface area contributed by atoms with Crippen LogP contribution in [-0.2, 0) is 9.59 Å². The van der Waals surface area contributed by atoms with E-state index in [-0.39, 0.29) is 46.5 Å². The third-order valence-electron chi connectivity index (χ3n) is 6.90. The molecule has 0 aliphatic rings. The molecule has 336 valence electrons. The minimum atomic E-state index is -1.34. The molecule has 5 rings (SSSR count). The molecule has 0 unspecified atom stereocenters. The quantitative estimate of drug-likeness (QED) is 0.0593. The summed E-state index contributed by atoms with van der Waals surface area (Å²) in [4.78, 5) is 53.6. The number of esters is 2. The molecule has 4 N–H and O–H groups in total. The van der Waals surface area contributed by atoms with Crippen molar-refractivity contribution in [1.82, 2.24) is 0 Å². The predicted molar refractivity (Wildman–Crippen MR) is 251 cm³/mol. The van der Waals surface area contributed by atoms with Gasteiger partial charge in [-0.3, -0.25) is 24.0 Å². The Labute approximate surface area is 415 Å². The summed E-state index contributed by atoms with van der Waals surface area (Å²) in [6.45, 7) is 10.6. The van der Waals surface area contributed by atoms with Crippen molar-refractivity contribution >= 4 is 87.6 Å². The molecule has 0 amide bonds. The Morgan fingerprint density at radius 2 is 1.03 bits per heavy atom. The van der Waals surface area contributed by atoms with Gasteiger partial charge < -0.3 is 44.3 Å². The van der Waals surface area contributed by atoms with Crippen molar-refractivity contribution in [2.45, 2.75) is 41.5 Å². The first-order chi connectivity index (χ1) is 29.3. The number of phenols is 1. The average Bonchev–Trinajstić information content (AvgIpc) is 3.29. The fourth-order valence-electron chi connectivity index (χ4n) is 4.37. The van der Waals surface area contributed by atoms with E-state index in [9.17, 15) is 29.1 Å². The van der Waals surface area contributed by atoms with E-state index < -0.39 is 19.1 Å². The SMILES string of the molecule is BrBr.CC.CC.COc1cc(C=O)c(-c2ccccc2)cc1O.COc1cc(C=O)c(Br)cc1OC(C)=O.COc1cc(C=O)ccc1OC(C)=O.OB(O)c1ccccc1.[Na+].[OH-]. The number of phenolic OH excluding ortho intramolecular Hbond substituents is 1. The maximum atomic E-state index is 11.0. The molecule has 0 aliphatic heterocycles. The van der Waals surface area contributed by atoms with Crippen LogP contribution in [0.4, 0.5) is 0 Å². The van der Waals surface area contributed by atoms with Gasteiger partial charge in [0, 0.05) is 63.3 Å². The number of hydrogen-bond donors (Lipinski definition) is 3. The van der Waals surface area contributed by atoms with Gasteiger partial charge in [-0.25, -0.2) is 0 Å². The van der Waals surface area contributed by atoms with E-state index in [1.165, 1.54) is 71.6 Å². The van der Waals surface area contributed by atoms with Gasteiger partial charge in [-0.1, -0.05) is 88.4 Å². The van der Waals surface area contributed by atoms with Gasteiger partial charge in [0.1, 0.15) is 6.29 Å². The van der Waals surface area contributed by atoms with E-state index in [1.807, 2.05) is 64.1 Å². The number of aromatic hydroxyl groups is 1. The van der Waals surface area contributed by atoms with Gasteiger partial charge in [0.25, 0.3) is 0 Å². The minimum Gasteiger partial charge on any atom is -0.870 e. The zero-order valence-electron chi connectivity index (χ0n) is 36.6. The van der Waals surface area contributed by atoms with Crippen LogP contribution >= 0.6 is 44.2 Å². The smallest absolute Gasteiger partial charge is 0.870 e. The maximum Gasteiger partial charge on any atom is 1.00 e. The maximum absolute atomic E-state index is 11.0. The molecular weight excluding hydrogens is 1030 g/mol. The summed E-state index contributed by atoms with van der Waals surface area (Å²) in [7, 11) is 2.99. The molecule has 63 heavy (non-hydrogen) atoms. The number of carbonyl (C=O) groups is 5. The van der Waals surface area contributed by atoms with Gasteiger partial charge in [0.05, 0.1) is 21.3 Å². The summed E-state index contributed by atoms with van der Waals surface area (Å²) < 4.78 is 25.2. The van der Waals surface area contributed by atoms with Crippen molar-refractivity contribution in [2.75, 3.05) is 21.3 Å². The van der Waals surface area contributed by atoms with Gasteiger partial charge in [-0.15, -0.1) is 0 Å². The van der Waals surface area contributed by atoms with E-state index in [2.05, 4.69) is 44.2 Å². The second-order valence-corrected chi connectivity index (χ2v) is 11.6. The Bertz CT molecular complexity index is 2060. The molecule has 0 atom stereocenters. The van der Waals surface area contributed by atoms with Crippen LogP contribution in [0.15, 0.2) is 108 Å². The van der Waals surface area contributed by atoms with Crippen LogP contribution in [0.2, 0.25) is 0 Å². The van der Waals surface area contributed by atoms with E-state index in [1.54, 1.807) is 30.3 Å². The van der Waals surface area contributed by atoms with E-state index >= 15 is 0 Å². The van der Waals surface area contributed by atoms with Crippen molar-refractivity contribution in [3.05, 3.63) is 124 Å². The van der Waals surface area contributed by atoms with Crippen LogP contribution in [-0.4, -0.2) is 79.9 Å². The molecule has 0 aromatic heterocycles. The largest absolute Gasteiger partial charge is 1.00 e. The Morgan fingerprint density at radius 3 is 1.44 bits per heavy atom. The molecular formula is C44H51BBr3NaO14. The molecule has 0 fully saturated rings. The number of halogens is 3. The first-order valence-electron chi connectivity index (χ1n) is 18.1. The molecule has 0 saturated heterocycles. The molecule has 0 bridgehead atoms. The first kappa shape index (κ1) is 65.3. The summed E-state index contributed by atoms with van der Waals surface area (Å²) in [6, 6.07) is 28.7. The molecule has 5 aromatic rings. The number of rotatable bonds is 10. The van der Waals surface area contributed by atoms with Gasteiger partial charge in [-0.05, 0) is 75.0 Å². The molecule has 0 heterocycles. The predicted octanol–water partition coefficient (Wildman–Crippen LogP) is 6.45. The first-order valence-corrected chi connectivity index (χ1v) is 22.6. The van der Waals surface area contributed by atoms with Crippen LogP contribution in [0.25, 0.3) is 11.1 Å². The van der Waals surface area contributed by atoms with Crippen LogP contribution in [0, 0.1) is 0 Å². The van der Waals surface area contributed by atoms with Crippen LogP contribution < -0.4 is 58.7 Å². The zero-order chi connectivity index (χ0) is 46.9. The van der Waals surface area contributed by atoms with Gasteiger partial charge in [0.2, 0.25) is 0 Å². The molecule has 0 aliphatic carbocycles. The Kier molecular flexibility index (Phi) is 40.6. The third-order valence-corrected chi connectivity index (χ3v) is 7.59. The van der Waals surface area contributed by atoms with Gasteiger partial charge in [-0.2, -0.15) is 0 Å². The van der Waals surface area contributed by atoms with Crippen molar-refractivity contribution in [3.8, 4) is 45.6 Å². The molecule has 0 spiro atoms. The number of benzene rings is 5. The third kappa shape index (κ3) is 24.9.